The molecule has 0 saturated carbocycles. The van der Waals surface area contributed by atoms with Crippen molar-refractivity contribution >= 4 is 27.1 Å². The van der Waals surface area contributed by atoms with Crippen LogP contribution in [-0.2, 0) is 17.2 Å². The molecule has 0 aliphatic heterocycles. The molecule has 0 saturated heterocycles. The summed E-state index contributed by atoms with van der Waals surface area (Å²) in [6.45, 7) is 9.24. The van der Waals surface area contributed by atoms with Crippen molar-refractivity contribution in [1.29, 1.82) is 0 Å². The zero-order valence-electron chi connectivity index (χ0n) is 13.7. The fraction of sp³-hybridized carbons (Fsp3) is 0.375. The van der Waals surface area contributed by atoms with Gasteiger partial charge in [-0.2, -0.15) is 0 Å². The highest BCUT2D eigenvalue weighted by molar-refractivity contribution is 6.42. The minimum atomic E-state index is -2.99. The molecule has 7 heteroatoms. The summed E-state index contributed by atoms with van der Waals surface area (Å²) in [6.07, 6.45) is 0.342. The van der Waals surface area contributed by atoms with Gasteiger partial charge in [0.25, 0.3) is 11.9 Å². The number of hydrogen-bond donors (Lipinski definition) is 0. The Labute approximate surface area is 141 Å². The van der Waals surface area contributed by atoms with E-state index >= 15 is 0 Å². The Morgan fingerprint density at radius 3 is 2.04 bits per heavy atom. The second-order valence-corrected chi connectivity index (χ2v) is 6.07. The van der Waals surface area contributed by atoms with Crippen LogP contribution in [0.25, 0.3) is 0 Å². The molecule has 1 rings (SSSR count). The van der Waals surface area contributed by atoms with Gasteiger partial charge in [-0.3, -0.25) is 9.59 Å². The van der Waals surface area contributed by atoms with Crippen molar-refractivity contribution in [2.75, 3.05) is 6.61 Å². The maximum Gasteiger partial charge on any atom is 1.20 e. The van der Waals surface area contributed by atoms with Crippen LogP contribution < -0.4 is 8.53 Å². The molecule has 1 aromatic carbocycles. The number of ether oxygens (including phenoxy) is 1. The molecule has 0 N–H and O–H groups in total. The molecule has 0 aliphatic rings. The zero-order valence-corrected chi connectivity index (χ0v) is 14.8. The third-order valence-corrected chi connectivity index (χ3v) is 3.94. The van der Waals surface area contributed by atoms with Crippen molar-refractivity contribution in [2.45, 2.75) is 33.6 Å². The van der Waals surface area contributed by atoms with Crippen molar-refractivity contribution in [2.24, 2.45) is 0 Å². The topological polar surface area (TPSA) is 71.1 Å². The Balaban J connectivity index is 2.86. The van der Waals surface area contributed by atoms with E-state index in [1.54, 1.807) is 38.1 Å². The fourth-order valence-electron chi connectivity index (χ4n) is 1.42. The third kappa shape index (κ3) is 7.22. The van der Waals surface area contributed by atoms with Crippen molar-refractivity contribution in [3.63, 3.8) is 0 Å². The van der Waals surface area contributed by atoms with Crippen LogP contribution in [0.2, 0.25) is 0 Å². The Bertz CT molecular complexity index is 539. The normalized spacial score (nSPS) is 9.70. The van der Waals surface area contributed by atoms with Gasteiger partial charge >= 0.3 is 15.1 Å². The summed E-state index contributed by atoms with van der Waals surface area (Å²) < 4.78 is 21.4. The Kier molecular flexibility index (Phi) is 8.24. The second kappa shape index (κ2) is 9.93. The van der Waals surface area contributed by atoms with E-state index in [0.717, 1.165) is 5.57 Å². The molecule has 0 amide bonds. The largest absolute Gasteiger partial charge is 1.20 e. The first-order chi connectivity index (χ1) is 11.0. The van der Waals surface area contributed by atoms with Gasteiger partial charge in [0.15, 0.2) is 5.75 Å². The van der Waals surface area contributed by atoms with E-state index in [0.29, 0.717) is 18.1 Å². The predicted molar refractivity (Wildman–Crippen MR) is 85.9 cm³/mol. The number of benzene rings is 1. The van der Waals surface area contributed by atoms with Crippen molar-refractivity contribution in [3.8, 4) is 11.5 Å². The summed E-state index contributed by atoms with van der Waals surface area (Å²) in [7, 11) is 0. The van der Waals surface area contributed by atoms with Crippen LogP contribution in [-0.4, -0.2) is 33.7 Å². The number of carbonyl (C=O) groups excluding carboxylic acids is 2. The number of rotatable bonds is 9. The summed E-state index contributed by atoms with van der Waals surface area (Å²) in [4.78, 5) is 23.0. The van der Waals surface area contributed by atoms with Gasteiger partial charge in [0, 0.05) is 12.8 Å². The molecule has 0 unspecified atom stereocenters. The molecule has 124 valence electrons. The summed E-state index contributed by atoms with van der Waals surface area (Å²) in [5.41, 5.74) is 0.850. The number of hydrogen-bond acceptors (Lipinski definition) is 6. The molecular weight excluding hydrogens is 315 g/mol. The van der Waals surface area contributed by atoms with Crippen molar-refractivity contribution in [1.82, 2.24) is 0 Å². The first kappa shape index (κ1) is 19.1. The molecule has 0 heterocycles. The lowest BCUT2D eigenvalue weighted by Gasteiger charge is -2.16. The van der Waals surface area contributed by atoms with E-state index in [4.69, 9.17) is 16.1 Å². The summed E-state index contributed by atoms with van der Waals surface area (Å²) in [5.74, 6) is -0.136. The summed E-state index contributed by atoms with van der Waals surface area (Å²) >= 11 is -2.99. The van der Waals surface area contributed by atoms with Crippen molar-refractivity contribution < 1.29 is 25.7 Å². The first-order valence-corrected chi connectivity index (χ1v) is 8.79. The van der Waals surface area contributed by atoms with Crippen molar-refractivity contribution in [3.05, 3.63) is 36.4 Å². The van der Waals surface area contributed by atoms with E-state index in [-0.39, 0.29) is 12.8 Å². The number of carbonyl (C=O) groups is 2. The minimum Gasteiger partial charge on any atom is -0.575 e. The van der Waals surface area contributed by atoms with E-state index in [2.05, 4.69) is 6.58 Å². The molecule has 0 bridgehead atoms. The van der Waals surface area contributed by atoms with Gasteiger partial charge in [-0.05, 0) is 24.6 Å². The lowest BCUT2D eigenvalue weighted by molar-refractivity contribution is -0.141. The fourth-order valence-corrected chi connectivity index (χ4v) is 2.73. The van der Waals surface area contributed by atoms with Crippen LogP contribution in [0.1, 0.15) is 33.6 Å². The van der Waals surface area contributed by atoms with Crippen LogP contribution in [0.15, 0.2) is 36.4 Å². The van der Waals surface area contributed by atoms with Gasteiger partial charge in [-0.1, -0.05) is 32.6 Å². The lowest BCUT2D eigenvalue weighted by atomic mass is 10.3. The molecule has 1 aromatic rings. The molecule has 0 aromatic heterocycles. The molecule has 0 spiro atoms. The molecule has 0 aliphatic carbocycles. The monoisotopic (exact) mass is 336 g/mol. The quantitative estimate of drug-likeness (QED) is 0.510. The maximum atomic E-state index is 11.5. The van der Waals surface area contributed by atoms with Gasteiger partial charge < -0.3 is 16.1 Å². The highest BCUT2D eigenvalue weighted by Crippen LogP contribution is 2.27. The van der Waals surface area contributed by atoms with Gasteiger partial charge in [0.05, 0.1) is 0 Å². The second-order valence-electron chi connectivity index (χ2n) is 4.79. The Morgan fingerprint density at radius 1 is 1.04 bits per heavy atom. The van der Waals surface area contributed by atoms with E-state index in [1.165, 1.54) is 0 Å². The van der Waals surface area contributed by atoms with Gasteiger partial charge in [0.2, 0.25) is 0 Å². The first-order valence-electron chi connectivity index (χ1n) is 7.38. The molecule has 23 heavy (non-hydrogen) atoms. The Morgan fingerprint density at radius 2 is 1.57 bits per heavy atom. The van der Waals surface area contributed by atoms with Crippen LogP contribution in [0.4, 0.5) is 0 Å². The van der Waals surface area contributed by atoms with Gasteiger partial charge in [-0.15, -0.1) is 0 Å². The smallest absolute Gasteiger partial charge is 0.575 e. The van der Waals surface area contributed by atoms with E-state index < -0.39 is 27.1 Å². The van der Waals surface area contributed by atoms with Crippen LogP contribution >= 0.6 is 0 Å². The highest BCUT2D eigenvalue weighted by atomic mass is 27.3. The van der Waals surface area contributed by atoms with Gasteiger partial charge in [0.1, 0.15) is 12.4 Å². The standard InChI is InChI=1S/C10H12O2.2C3H6O2.Al/c1-8(2)7-12-10-6-4-3-5-9(10)11;2*1-2-3(4)5;/h3-6,11H,1,7H2,2H3;2*2H2,1H3,(H,4,5);/q;;;+3/p-3. The van der Waals surface area contributed by atoms with Crippen LogP contribution in [0, 0.1) is 0 Å². The summed E-state index contributed by atoms with van der Waals surface area (Å²) in [5, 5.41) is 0. The molecule has 0 fully saturated rings. The molecule has 0 radical (unpaired) electrons. The van der Waals surface area contributed by atoms with Crippen LogP contribution in [0.5, 0.6) is 11.5 Å². The predicted octanol–water partition coefficient (Wildman–Crippen LogP) is 2.91. The molecular formula is C16H21AlO6. The average Bonchev–Trinajstić information content (AvgIpc) is 2.53. The average molecular weight is 336 g/mol. The third-order valence-electron chi connectivity index (χ3n) is 2.58. The van der Waals surface area contributed by atoms with E-state index in [1.807, 2.05) is 6.92 Å². The number of para-hydroxylation sites is 2. The zero-order chi connectivity index (χ0) is 17.2. The van der Waals surface area contributed by atoms with Crippen LogP contribution in [0.3, 0.4) is 0 Å². The Hall–Kier alpha value is -1.97. The minimum absolute atomic E-state index is 0.171. The SMILES string of the molecule is C=C(C)COc1ccccc1[O][Al]([O]C(=O)CC)[O]C(=O)CC. The molecule has 0 atom stereocenters. The lowest BCUT2D eigenvalue weighted by Crippen LogP contribution is -2.35. The van der Waals surface area contributed by atoms with E-state index in [9.17, 15) is 9.59 Å². The summed E-state index contributed by atoms with van der Waals surface area (Å²) in [6, 6.07) is 6.91. The molecule has 6 nitrogen and oxygen atoms in total. The van der Waals surface area contributed by atoms with Gasteiger partial charge in [-0.25, -0.2) is 0 Å². The highest BCUT2D eigenvalue weighted by Gasteiger charge is 2.47. The maximum absolute atomic E-state index is 11.5.